The van der Waals surface area contributed by atoms with E-state index in [-0.39, 0.29) is 5.56 Å². The normalized spacial score (nSPS) is 10.8. The average Bonchev–Trinajstić information content (AvgIpc) is 2.80. The Morgan fingerprint density at radius 2 is 1.62 bits per heavy atom. The van der Waals surface area contributed by atoms with Crippen molar-refractivity contribution in [2.45, 2.75) is 30.8 Å². The fourth-order valence-corrected chi connectivity index (χ4v) is 3.08. The van der Waals surface area contributed by atoms with Crippen LogP contribution in [0.25, 0.3) is 0 Å². The lowest BCUT2D eigenvalue weighted by Gasteiger charge is -2.11. The van der Waals surface area contributed by atoms with Gasteiger partial charge >= 0.3 is 5.97 Å². The molecule has 0 aliphatic rings. The maximum absolute atomic E-state index is 11.0. The van der Waals surface area contributed by atoms with Crippen molar-refractivity contribution in [1.82, 2.24) is 9.97 Å². The summed E-state index contributed by atoms with van der Waals surface area (Å²) in [5, 5.41) is 16.2. The van der Waals surface area contributed by atoms with E-state index in [0.717, 1.165) is 63.6 Å². The third kappa shape index (κ3) is 10.3. The minimum Gasteiger partial charge on any atom is -0.478 e. The number of carboxylic acids is 1. The van der Waals surface area contributed by atoms with Gasteiger partial charge in [-0.2, -0.15) is 0 Å². The first kappa shape index (κ1) is 25.9. The van der Waals surface area contributed by atoms with Crippen LogP contribution in [0.5, 0.6) is 0 Å². The minimum absolute atomic E-state index is 0.239. The van der Waals surface area contributed by atoms with Crippen LogP contribution in [-0.2, 0) is 9.47 Å². The van der Waals surface area contributed by atoms with Crippen LogP contribution in [0.1, 0.15) is 36.0 Å². The molecular weight excluding hydrogens is 430 g/mol. The number of ether oxygens (including phenoxy) is 2. The molecule has 10 heteroatoms. The van der Waals surface area contributed by atoms with Crippen molar-refractivity contribution >= 4 is 35.1 Å². The smallest absolute Gasteiger partial charge is 0.335 e. The number of rotatable bonds is 17. The number of unbranched alkanes of at least 4 members (excludes halogenated alkanes) is 1. The van der Waals surface area contributed by atoms with Crippen LogP contribution in [0.15, 0.2) is 35.5 Å². The molecule has 0 fully saturated rings. The number of benzene rings is 1. The van der Waals surface area contributed by atoms with Crippen LogP contribution in [0, 0.1) is 0 Å². The van der Waals surface area contributed by atoms with Gasteiger partial charge in [-0.05, 0) is 62.7 Å². The summed E-state index contributed by atoms with van der Waals surface area (Å²) >= 11 is 1.45. The molecule has 0 bridgehead atoms. The number of carbonyl (C=O) groups is 1. The Morgan fingerprint density at radius 1 is 1.00 bits per heavy atom. The van der Waals surface area contributed by atoms with Crippen molar-refractivity contribution < 1.29 is 19.4 Å². The van der Waals surface area contributed by atoms with E-state index < -0.39 is 5.97 Å². The number of nitrogens with one attached hydrogen (secondary N) is 2. The van der Waals surface area contributed by atoms with Crippen molar-refractivity contribution in [3.05, 3.63) is 35.9 Å². The fourth-order valence-electron chi connectivity index (χ4n) is 2.70. The third-order valence-corrected chi connectivity index (χ3v) is 4.93. The molecule has 0 saturated heterocycles. The summed E-state index contributed by atoms with van der Waals surface area (Å²) in [4.78, 5) is 19.9. The maximum atomic E-state index is 11.0. The van der Waals surface area contributed by atoms with Crippen molar-refractivity contribution in [3.8, 4) is 0 Å². The van der Waals surface area contributed by atoms with E-state index in [4.69, 9.17) is 20.3 Å². The average molecular weight is 464 g/mol. The second kappa shape index (κ2) is 15.4. The van der Waals surface area contributed by atoms with Gasteiger partial charge in [-0.3, -0.25) is 0 Å². The van der Waals surface area contributed by atoms with Gasteiger partial charge < -0.3 is 30.9 Å². The van der Waals surface area contributed by atoms with Crippen molar-refractivity contribution in [2.75, 3.05) is 56.4 Å². The Balaban J connectivity index is 1.69. The number of aromatic carboxylic acids is 1. The third-order valence-electron chi connectivity index (χ3n) is 4.38. The van der Waals surface area contributed by atoms with Crippen LogP contribution >= 0.6 is 11.8 Å². The molecule has 2 aromatic rings. The number of hydrogen-bond acceptors (Lipinski definition) is 9. The van der Waals surface area contributed by atoms with Gasteiger partial charge in [-0.25, -0.2) is 14.8 Å². The van der Waals surface area contributed by atoms with Gasteiger partial charge in [0.05, 0.1) is 5.56 Å². The highest BCUT2D eigenvalue weighted by Crippen LogP contribution is 2.21. The van der Waals surface area contributed by atoms with Gasteiger partial charge in [0.25, 0.3) is 0 Å². The Hall–Kier alpha value is -2.40. The summed E-state index contributed by atoms with van der Waals surface area (Å²) in [5.74, 6) is 0.412. The van der Waals surface area contributed by atoms with Crippen LogP contribution in [0.3, 0.4) is 0 Å². The molecule has 0 amide bonds. The van der Waals surface area contributed by atoms with E-state index in [9.17, 15) is 4.79 Å². The second-order valence-corrected chi connectivity index (χ2v) is 7.76. The lowest BCUT2D eigenvalue weighted by Crippen LogP contribution is -2.09. The largest absolute Gasteiger partial charge is 0.478 e. The first-order chi connectivity index (χ1) is 15.6. The number of thioether (sulfide) groups is 1. The number of hydrogen-bond donors (Lipinski definition) is 4. The van der Waals surface area contributed by atoms with Gasteiger partial charge in [-0.15, -0.1) is 0 Å². The number of carboxylic acid groups (broad SMARTS) is 1. The first-order valence-electron chi connectivity index (χ1n) is 10.7. The minimum atomic E-state index is -0.953. The van der Waals surface area contributed by atoms with E-state index in [2.05, 4.69) is 20.6 Å². The van der Waals surface area contributed by atoms with E-state index in [1.807, 2.05) is 12.3 Å². The molecule has 1 heterocycles. The van der Waals surface area contributed by atoms with Crippen LogP contribution < -0.4 is 16.4 Å². The van der Waals surface area contributed by atoms with Crippen molar-refractivity contribution in [3.63, 3.8) is 0 Å². The monoisotopic (exact) mass is 463 g/mol. The zero-order chi connectivity index (χ0) is 23.0. The number of aromatic nitrogens is 2. The molecule has 176 valence electrons. The van der Waals surface area contributed by atoms with Crippen molar-refractivity contribution in [1.29, 1.82) is 0 Å². The zero-order valence-electron chi connectivity index (χ0n) is 18.5. The van der Waals surface area contributed by atoms with E-state index in [1.165, 1.54) is 11.8 Å². The van der Waals surface area contributed by atoms with E-state index >= 15 is 0 Å². The van der Waals surface area contributed by atoms with E-state index in [1.54, 1.807) is 24.3 Å². The first-order valence-corrected chi connectivity index (χ1v) is 12.0. The molecule has 0 atom stereocenters. The molecule has 5 N–H and O–H groups in total. The standard InChI is InChI=1S/C22H33N5O4S/c1-32-22-26-19(24-11-5-15-31-13-3-2-12-30-14-4-10-23)16-20(27-22)25-18-8-6-17(7-9-18)21(28)29/h6-9,16H,2-5,10-15,23H2,1H3,(H,28,29)(H2,24,25,26,27). The molecule has 9 nitrogen and oxygen atoms in total. The van der Waals surface area contributed by atoms with Crippen LogP contribution in [0.4, 0.5) is 17.3 Å². The highest BCUT2D eigenvalue weighted by molar-refractivity contribution is 7.98. The SMILES string of the molecule is CSc1nc(NCCCOCCCCOCCCN)cc(Nc2ccc(C(=O)O)cc2)n1. The van der Waals surface area contributed by atoms with Gasteiger partial charge in [0.2, 0.25) is 0 Å². The summed E-state index contributed by atoms with van der Waals surface area (Å²) in [5.41, 5.74) is 6.41. The van der Waals surface area contributed by atoms with Gasteiger partial charge in [-0.1, -0.05) is 11.8 Å². The molecule has 2 rings (SSSR count). The number of anilines is 3. The Morgan fingerprint density at radius 3 is 2.25 bits per heavy atom. The van der Waals surface area contributed by atoms with Crippen LogP contribution in [-0.4, -0.2) is 66.8 Å². The highest BCUT2D eigenvalue weighted by atomic mass is 32.2. The fraction of sp³-hybridized carbons (Fsp3) is 0.500. The van der Waals surface area contributed by atoms with Crippen LogP contribution in [0.2, 0.25) is 0 Å². The molecule has 1 aromatic heterocycles. The van der Waals surface area contributed by atoms with Gasteiger partial charge in [0, 0.05) is 44.7 Å². The summed E-state index contributed by atoms with van der Waals surface area (Å²) in [6, 6.07) is 8.35. The maximum Gasteiger partial charge on any atom is 0.335 e. The summed E-state index contributed by atoms with van der Waals surface area (Å²) < 4.78 is 11.1. The molecule has 0 spiro atoms. The summed E-state index contributed by atoms with van der Waals surface area (Å²) in [6.45, 7) is 4.32. The van der Waals surface area contributed by atoms with Gasteiger partial charge in [0.1, 0.15) is 11.6 Å². The molecular formula is C22H33N5O4S. The predicted octanol–water partition coefficient (Wildman–Crippen LogP) is 3.60. The van der Waals surface area contributed by atoms with Gasteiger partial charge in [0.15, 0.2) is 5.16 Å². The topological polar surface area (TPSA) is 132 Å². The van der Waals surface area contributed by atoms with Crippen molar-refractivity contribution in [2.24, 2.45) is 5.73 Å². The Labute approximate surface area is 193 Å². The summed E-state index contributed by atoms with van der Waals surface area (Å²) in [7, 11) is 0. The molecule has 1 aromatic carbocycles. The number of nitrogens with two attached hydrogens (primary N) is 1. The molecule has 0 unspecified atom stereocenters. The second-order valence-electron chi connectivity index (χ2n) is 6.99. The Bertz CT molecular complexity index is 807. The molecule has 0 aliphatic heterocycles. The van der Waals surface area contributed by atoms with E-state index in [0.29, 0.717) is 24.1 Å². The molecule has 32 heavy (non-hydrogen) atoms. The summed E-state index contributed by atoms with van der Waals surface area (Å²) in [6.07, 6.45) is 5.68. The number of nitrogens with zero attached hydrogens (tertiary/aromatic N) is 2. The molecule has 0 aliphatic carbocycles. The highest BCUT2D eigenvalue weighted by Gasteiger charge is 2.06. The zero-order valence-corrected chi connectivity index (χ0v) is 19.3. The molecule has 0 saturated carbocycles. The lowest BCUT2D eigenvalue weighted by atomic mass is 10.2. The molecule has 0 radical (unpaired) electrons. The quantitative estimate of drug-likeness (QED) is 0.157. The lowest BCUT2D eigenvalue weighted by molar-refractivity contribution is 0.0697. The Kier molecular flexibility index (Phi) is 12.5. The predicted molar refractivity (Wildman–Crippen MR) is 128 cm³/mol.